The molecule has 1 aliphatic rings. The number of nitrogens with zero attached hydrogens (tertiary/aromatic N) is 3. The van der Waals surface area contributed by atoms with E-state index in [1.165, 1.54) is 0 Å². The van der Waals surface area contributed by atoms with Crippen molar-refractivity contribution in [3.05, 3.63) is 82.7 Å². The zero-order valence-electron chi connectivity index (χ0n) is 23.5. The second kappa shape index (κ2) is 11.8. The summed E-state index contributed by atoms with van der Waals surface area (Å²) in [5, 5.41) is 6.37. The van der Waals surface area contributed by atoms with Crippen molar-refractivity contribution in [2.24, 2.45) is 0 Å². The number of aromatic nitrogens is 2. The summed E-state index contributed by atoms with van der Waals surface area (Å²) in [6.07, 6.45) is 4.27. The SMILES string of the molecule is Cc1cnc(Nc2ccc(C(=O)NC3CCN(C)CC3)cc2)nc1Cc1cccc(CS(=O)(=O)C(C)(C)C)c1. The fraction of sp³-hybridized carbons (Fsp3) is 0.433. The lowest BCUT2D eigenvalue weighted by Gasteiger charge is -2.29. The van der Waals surface area contributed by atoms with E-state index in [1.54, 1.807) is 39.1 Å². The molecular weight excluding hydrogens is 510 g/mol. The highest BCUT2D eigenvalue weighted by atomic mass is 32.2. The number of piperidine rings is 1. The predicted molar refractivity (Wildman–Crippen MR) is 156 cm³/mol. The number of anilines is 2. The number of carbonyl (C=O) groups is 1. The first-order chi connectivity index (χ1) is 18.4. The van der Waals surface area contributed by atoms with E-state index in [-0.39, 0.29) is 17.7 Å². The molecular formula is C30H39N5O3S. The number of sulfone groups is 1. The van der Waals surface area contributed by atoms with E-state index in [1.807, 2.05) is 43.3 Å². The molecule has 2 N–H and O–H groups in total. The van der Waals surface area contributed by atoms with Gasteiger partial charge in [-0.05, 0) is 102 Å². The van der Waals surface area contributed by atoms with Gasteiger partial charge >= 0.3 is 0 Å². The molecule has 1 aromatic heterocycles. The van der Waals surface area contributed by atoms with Crippen molar-refractivity contribution >= 4 is 27.4 Å². The van der Waals surface area contributed by atoms with Gasteiger partial charge in [0.1, 0.15) is 0 Å². The molecule has 1 fully saturated rings. The molecule has 0 unspecified atom stereocenters. The highest BCUT2D eigenvalue weighted by Gasteiger charge is 2.29. The Morgan fingerprint density at radius 2 is 1.72 bits per heavy atom. The molecule has 0 bridgehead atoms. The lowest BCUT2D eigenvalue weighted by molar-refractivity contribution is 0.0917. The Morgan fingerprint density at radius 1 is 1.05 bits per heavy atom. The van der Waals surface area contributed by atoms with Crippen LogP contribution in [-0.4, -0.2) is 60.1 Å². The van der Waals surface area contributed by atoms with Gasteiger partial charge in [0.05, 0.1) is 16.2 Å². The highest BCUT2D eigenvalue weighted by molar-refractivity contribution is 7.91. The van der Waals surface area contributed by atoms with Crippen molar-refractivity contribution in [1.29, 1.82) is 0 Å². The maximum atomic E-state index is 12.7. The molecule has 0 radical (unpaired) electrons. The van der Waals surface area contributed by atoms with Crippen LogP contribution in [0.15, 0.2) is 54.7 Å². The van der Waals surface area contributed by atoms with Gasteiger partial charge in [-0.2, -0.15) is 0 Å². The zero-order chi connectivity index (χ0) is 28.2. The summed E-state index contributed by atoms with van der Waals surface area (Å²) in [6.45, 7) is 9.13. The Kier molecular flexibility index (Phi) is 8.71. The van der Waals surface area contributed by atoms with Crippen LogP contribution in [0.3, 0.4) is 0 Å². The van der Waals surface area contributed by atoms with Crippen LogP contribution in [0.1, 0.15) is 66.4 Å². The van der Waals surface area contributed by atoms with E-state index in [0.29, 0.717) is 17.9 Å². The van der Waals surface area contributed by atoms with Crippen molar-refractivity contribution in [1.82, 2.24) is 20.2 Å². The number of amides is 1. The molecule has 4 rings (SSSR count). The monoisotopic (exact) mass is 549 g/mol. The topological polar surface area (TPSA) is 104 Å². The van der Waals surface area contributed by atoms with E-state index in [0.717, 1.165) is 54.0 Å². The molecule has 9 heteroatoms. The molecule has 208 valence electrons. The van der Waals surface area contributed by atoms with Crippen molar-refractivity contribution in [2.75, 3.05) is 25.5 Å². The van der Waals surface area contributed by atoms with E-state index in [4.69, 9.17) is 4.98 Å². The minimum absolute atomic E-state index is 0.00587. The lowest BCUT2D eigenvalue weighted by atomic mass is 10.0. The van der Waals surface area contributed by atoms with Gasteiger partial charge in [0, 0.05) is 29.9 Å². The Hall–Kier alpha value is -3.30. The van der Waals surface area contributed by atoms with Crippen LogP contribution in [-0.2, 0) is 22.0 Å². The third kappa shape index (κ3) is 7.64. The van der Waals surface area contributed by atoms with E-state index in [9.17, 15) is 13.2 Å². The molecule has 2 heterocycles. The van der Waals surface area contributed by atoms with Gasteiger partial charge in [0.2, 0.25) is 5.95 Å². The second-order valence-corrected chi connectivity index (χ2v) is 14.2. The van der Waals surface area contributed by atoms with Crippen LogP contribution in [0.5, 0.6) is 0 Å². The first-order valence-corrected chi connectivity index (χ1v) is 15.0. The fourth-order valence-corrected chi connectivity index (χ4v) is 5.48. The first kappa shape index (κ1) is 28.7. The zero-order valence-corrected chi connectivity index (χ0v) is 24.3. The number of rotatable bonds is 8. The fourth-order valence-electron chi connectivity index (χ4n) is 4.43. The molecule has 0 spiro atoms. The van der Waals surface area contributed by atoms with Crippen molar-refractivity contribution in [3.8, 4) is 0 Å². The quantitative estimate of drug-likeness (QED) is 0.421. The molecule has 39 heavy (non-hydrogen) atoms. The molecule has 1 saturated heterocycles. The first-order valence-electron chi connectivity index (χ1n) is 13.4. The third-order valence-electron chi connectivity index (χ3n) is 7.19. The standard InChI is InChI=1S/C30H39N5O3S/c1-21-19-31-29(33-25-11-9-24(10-12-25)28(36)32-26-13-15-35(5)16-14-26)34-27(21)18-22-7-6-8-23(17-22)20-39(37,38)30(2,3)4/h6-12,17,19,26H,13-16,18,20H2,1-5H3,(H,32,36)(H,31,33,34). The second-order valence-electron chi connectivity index (χ2n) is 11.4. The summed E-state index contributed by atoms with van der Waals surface area (Å²) >= 11 is 0. The molecule has 0 aliphatic carbocycles. The van der Waals surface area contributed by atoms with Crippen LogP contribution in [0, 0.1) is 6.92 Å². The summed E-state index contributed by atoms with van der Waals surface area (Å²) in [7, 11) is -1.17. The van der Waals surface area contributed by atoms with Crippen LogP contribution in [0.25, 0.3) is 0 Å². The Bertz CT molecular complexity index is 1410. The van der Waals surface area contributed by atoms with Gasteiger partial charge in [0.15, 0.2) is 9.84 Å². The van der Waals surface area contributed by atoms with Gasteiger partial charge in [0.25, 0.3) is 5.91 Å². The van der Waals surface area contributed by atoms with E-state index in [2.05, 4.69) is 27.6 Å². The van der Waals surface area contributed by atoms with Gasteiger partial charge in [-0.1, -0.05) is 24.3 Å². The van der Waals surface area contributed by atoms with Crippen LogP contribution in [0.2, 0.25) is 0 Å². The molecule has 2 aromatic carbocycles. The number of carbonyl (C=O) groups excluding carboxylic acids is 1. The number of aryl methyl sites for hydroxylation is 1. The summed E-state index contributed by atoms with van der Waals surface area (Å²) in [5.41, 5.74) is 4.98. The average Bonchev–Trinajstić information content (AvgIpc) is 2.87. The van der Waals surface area contributed by atoms with E-state index < -0.39 is 14.6 Å². The van der Waals surface area contributed by atoms with Crippen LogP contribution >= 0.6 is 0 Å². The summed E-state index contributed by atoms with van der Waals surface area (Å²) in [6, 6.07) is 15.2. The molecule has 1 amide bonds. The smallest absolute Gasteiger partial charge is 0.251 e. The third-order valence-corrected chi connectivity index (χ3v) is 9.77. The minimum atomic E-state index is -3.27. The normalized spacial score (nSPS) is 15.2. The lowest BCUT2D eigenvalue weighted by Crippen LogP contribution is -2.43. The van der Waals surface area contributed by atoms with Crippen molar-refractivity contribution < 1.29 is 13.2 Å². The molecule has 8 nitrogen and oxygen atoms in total. The van der Waals surface area contributed by atoms with Gasteiger partial charge in [-0.3, -0.25) is 4.79 Å². The highest BCUT2D eigenvalue weighted by Crippen LogP contribution is 2.23. The number of hydrogen-bond acceptors (Lipinski definition) is 7. The summed E-state index contributed by atoms with van der Waals surface area (Å²) in [4.78, 5) is 24.1. The number of benzene rings is 2. The van der Waals surface area contributed by atoms with Crippen molar-refractivity contribution in [2.45, 2.75) is 63.5 Å². The molecule has 0 saturated carbocycles. The summed E-state index contributed by atoms with van der Waals surface area (Å²) < 4.78 is 24.5. The Morgan fingerprint density at radius 3 is 2.38 bits per heavy atom. The predicted octanol–water partition coefficient (Wildman–Crippen LogP) is 4.66. The molecule has 1 aliphatic heterocycles. The minimum Gasteiger partial charge on any atom is -0.349 e. The van der Waals surface area contributed by atoms with Gasteiger partial charge in [-0.25, -0.2) is 18.4 Å². The van der Waals surface area contributed by atoms with Crippen molar-refractivity contribution in [3.63, 3.8) is 0 Å². The number of likely N-dealkylation sites (tertiary alicyclic amines) is 1. The van der Waals surface area contributed by atoms with Gasteiger partial charge < -0.3 is 15.5 Å². The number of hydrogen-bond donors (Lipinski definition) is 2. The maximum absolute atomic E-state index is 12.7. The Balaban J connectivity index is 1.41. The average molecular weight is 550 g/mol. The Labute approximate surface area is 232 Å². The van der Waals surface area contributed by atoms with E-state index >= 15 is 0 Å². The number of nitrogens with one attached hydrogen (secondary N) is 2. The molecule has 0 atom stereocenters. The molecule has 3 aromatic rings. The van der Waals surface area contributed by atoms with Crippen LogP contribution < -0.4 is 10.6 Å². The van der Waals surface area contributed by atoms with Crippen LogP contribution in [0.4, 0.5) is 11.6 Å². The maximum Gasteiger partial charge on any atom is 0.251 e. The van der Waals surface area contributed by atoms with Gasteiger partial charge in [-0.15, -0.1) is 0 Å². The largest absolute Gasteiger partial charge is 0.349 e. The summed E-state index contributed by atoms with van der Waals surface area (Å²) in [5.74, 6) is 0.416.